The van der Waals surface area contributed by atoms with Gasteiger partial charge in [-0.15, -0.1) is 0 Å². The second-order valence-electron chi connectivity index (χ2n) is 10.3. The normalized spacial score (nSPS) is 26.1. The minimum atomic E-state index is -0.454. The summed E-state index contributed by atoms with van der Waals surface area (Å²) in [6.45, 7) is 0.200. The highest BCUT2D eigenvalue weighted by molar-refractivity contribution is 6.30. The largest absolute Gasteiger partial charge is 0.489 e. The third-order valence-electron chi connectivity index (χ3n) is 7.68. The van der Waals surface area contributed by atoms with Gasteiger partial charge in [-0.2, -0.15) is 0 Å². The Balaban J connectivity index is 1.05. The van der Waals surface area contributed by atoms with Crippen LogP contribution < -0.4 is 20.9 Å². The molecule has 7 nitrogen and oxygen atoms in total. The molecule has 0 unspecified atom stereocenters. The van der Waals surface area contributed by atoms with E-state index in [-0.39, 0.29) is 17.9 Å². The summed E-state index contributed by atoms with van der Waals surface area (Å²) in [5, 5.41) is 3.46. The molecular weight excluding hydrogens is 466 g/mol. The lowest BCUT2D eigenvalue weighted by Gasteiger charge is -2.55. The maximum Gasteiger partial charge on any atom is 0.269 e. The van der Waals surface area contributed by atoms with E-state index in [9.17, 15) is 14.4 Å². The average molecular weight is 496 g/mol. The number of rotatable bonds is 7. The summed E-state index contributed by atoms with van der Waals surface area (Å²) < 4.78 is 5.70. The lowest BCUT2D eigenvalue weighted by molar-refractivity contribution is -0.147. The molecule has 3 amide bonds. The van der Waals surface area contributed by atoms with Crippen molar-refractivity contribution >= 4 is 29.3 Å². The van der Waals surface area contributed by atoms with Crippen LogP contribution in [0.3, 0.4) is 0 Å². The van der Waals surface area contributed by atoms with Crippen LogP contribution in [-0.4, -0.2) is 24.3 Å². The van der Waals surface area contributed by atoms with Crippen LogP contribution in [0.25, 0.3) is 0 Å². The van der Waals surface area contributed by atoms with Crippen molar-refractivity contribution in [1.82, 2.24) is 16.2 Å². The molecule has 0 heterocycles. The number of amides is 3. The molecule has 4 aliphatic carbocycles. The second-order valence-corrected chi connectivity index (χ2v) is 10.8. The molecule has 4 saturated carbocycles. The van der Waals surface area contributed by atoms with Gasteiger partial charge in [0.2, 0.25) is 5.91 Å². The van der Waals surface area contributed by atoms with E-state index in [4.69, 9.17) is 16.3 Å². The number of hydrazine groups is 1. The number of hydrogen-bond donors (Lipinski definition) is 3. The summed E-state index contributed by atoms with van der Waals surface area (Å²) in [6, 6.07) is 14.0. The topological polar surface area (TPSA) is 96.5 Å². The van der Waals surface area contributed by atoms with Crippen LogP contribution in [0.15, 0.2) is 48.5 Å². The van der Waals surface area contributed by atoms with Crippen molar-refractivity contribution in [2.24, 2.45) is 23.2 Å². The molecule has 4 aliphatic rings. The Hall–Kier alpha value is -3.06. The third kappa shape index (κ3) is 5.45. The first-order chi connectivity index (χ1) is 16.9. The Morgan fingerprint density at radius 2 is 1.46 bits per heavy atom. The summed E-state index contributed by atoms with van der Waals surface area (Å²) in [6.07, 6.45) is 6.62. The van der Waals surface area contributed by atoms with E-state index in [0.717, 1.165) is 24.8 Å². The molecule has 8 heteroatoms. The van der Waals surface area contributed by atoms with Crippen LogP contribution in [0, 0.1) is 23.2 Å². The Kier molecular flexibility index (Phi) is 6.69. The first-order valence-corrected chi connectivity index (χ1v) is 12.6. The smallest absolute Gasteiger partial charge is 0.269 e. The molecule has 0 aromatic heterocycles. The first-order valence-electron chi connectivity index (χ1n) is 12.2. The molecule has 4 bridgehead atoms. The van der Waals surface area contributed by atoms with Gasteiger partial charge >= 0.3 is 0 Å². The molecule has 4 fully saturated rings. The van der Waals surface area contributed by atoms with Gasteiger partial charge in [0.05, 0.1) is 6.54 Å². The van der Waals surface area contributed by atoms with Crippen molar-refractivity contribution in [2.75, 3.05) is 6.54 Å². The molecule has 35 heavy (non-hydrogen) atoms. The van der Waals surface area contributed by atoms with Gasteiger partial charge in [0.15, 0.2) is 0 Å². The zero-order chi connectivity index (χ0) is 24.4. The molecule has 0 atom stereocenters. The summed E-state index contributed by atoms with van der Waals surface area (Å²) >= 11 is 5.87. The highest BCUT2D eigenvalue weighted by Crippen LogP contribution is 2.60. The second kappa shape index (κ2) is 9.90. The summed E-state index contributed by atoms with van der Waals surface area (Å²) in [5.74, 6) is 1.80. The summed E-state index contributed by atoms with van der Waals surface area (Å²) in [7, 11) is 0. The highest BCUT2D eigenvalue weighted by Gasteiger charge is 2.54. The maximum absolute atomic E-state index is 13.0. The molecule has 0 spiro atoms. The fourth-order valence-electron chi connectivity index (χ4n) is 6.43. The van der Waals surface area contributed by atoms with E-state index in [0.29, 0.717) is 40.7 Å². The van der Waals surface area contributed by atoms with Crippen molar-refractivity contribution in [3.8, 4) is 5.75 Å². The zero-order valence-electron chi connectivity index (χ0n) is 19.5. The lowest BCUT2D eigenvalue weighted by atomic mass is 9.49. The Labute approximate surface area is 209 Å². The number of hydrogen-bond acceptors (Lipinski definition) is 4. The van der Waals surface area contributed by atoms with Crippen LogP contribution in [0.1, 0.15) is 54.4 Å². The predicted octanol–water partition coefficient (Wildman–Crippen LogP) is 4.01. The molecular formula is C27H30ClN3O4. The van der Waals surface area contributed by atoms with E-state index in [1.165, 1.54) is 19.3 Å². The Morgan fingerprint density at radius 1 is 0.857 bits per heavy atom. The van der Waals surface area contributed by atoms with E-state index in [1.807, 2.05) is 0 Å². The molecule has 6 rings (SSSR count). The number of nitrogens with one attached hydrogen (secondary N) is 3. The van der Waals surface area contributed by atoms with Crippen LogP contribution in [0.5, 0.6) is 5.75 Å². The number of ether oxygens (including phenoxy) is 1. The van der Waals surface area contributed by atoms with Gasteiger partial charge < -0.3 is 10.1 Å². The zero-order valence-corrected chi connectivity index (χ0v) is 20.3. The van der Waals surface area contributed by atoms with E-state index < -0.39 is 11.8 Å². The van der Waals surface area contributed by atoms with Gasteiger partial charge in [-0.25, -0.2) is 0 Å². The maximum atomic E-state index is 13.0. The van der Waals surface area contributed by atoms with Crippen LogP contribution >= 0.6 is 11.6 Å². The van der Waals surface area contributed by atoms with E-state index >= 15 is 0 Å². The first kappa shape index (κ1) is 23.7. The minimum absolute atomic E-state index is 0.00511. The monoisotopic (exact) mass is 495 g/mol. The quantitative estimate of drug-likeness (QED) is 0.505. The number of carbonyl (C=O) groups is 3. The Morgan fingerprint density at radius 3 is 2.06 bits per heavy atom. The fourth-order valence-corrected chi connectivity index (χ4v) is 6.56. The highest BCUT2D eigenvalue weighted by atomic mass is 35.5. The molecule has 0 saturated heterocycles. The van der Waals surface area contributed by atoms with Gasteiger partial charge in [-0.05, 0) is 98.2 Å². The molecule has 3 N–H and O–H groups in total. The molecule has 2 aromatic rings. The standard InChI is InChI=1S/C27H30ClN3O4/c28-22-5-7-23(8-6-22)35-16-17-1-3-21(4-2-17)25(33)31-30-24(32)15-29-26(34)27-12-18-9-19(13-27)11-20(10-18)14-27/h1-8,18-20H,9-16H2,(H,29,34)(H,30,32)(H,31,33). The average Bonchev–Trinajstić information content (AvgIpc) is 2.85. The van der Waals surface area contributed by atoms with Crippen LogP contribution in [0.4, 0.5) is 0 Å². The number of benzene rings is 2. The summed E-state index contributed by atoms with van der Waals surface area (Å²) in [4.78, 5) is 37.6. The van der Waals surface area contributed by atoms with Crippen molar-refractivity contribution in [3.05, 3.63) is 64.7 Å². The van der Waals surface area contributed by atoms with Gasteiger partial charge in [0.25, 0.3) is 11.8 Å². The van der Waals surface area contributed by atoms with Gasteiger partial charge in [0.1, 0.15) is 12.4 Å². The van der Waals surface area contributed by atoms with E-state index in [2.05, 4.69) is 16.2 Å². The van der Waals surface area contributed by atoms with Gasteiger partial charge in [0, 0.05) is 16.0 Å². The van der Waals surface area contributed by atoms with Gasteiger partial charge in [-0.1, -0.05) is 23.7 Å². The van der Waals surface area contributed by atoms with Crippen LogP contribution in [0.2, 0.25) is 5.02 Å². The van der Waals surface area contributed by atoms with E-state index in [1.54, 1.807) is 48.5 Å². The van der Waals surface area contributed by atoms with Crippen molar-refractivity contribution in [2.45, 2.75) is 45.1 Å². The lowest BCUT2D eigenvalue weighted by Crippen LogP contribution is -2.55. The predicted molar refractivity (Wildman–Crippen MR) is 131 cm³/mol. The molecule has 2 aromatic carbocycles. The van der Waals surface area contributed by atoms with Crippen molar-refractivity contribution in [3.63, 3.8) is 0 Å². The molecule has 0 aliphatic heterocycles. The SMILES string of the molecule is O=C(CNC(=O)C12CC3CC(CC(C3)C1)C2)NNC(=O)c1ccc(COc2ccc(Cl)cc2)cc1. The van der Waals surface area contributed by atoms with Crippen molar-refractivity contribution in [1.29, 1.82) is 0 Å². The number of carbonyl (C=O) groups excluding carboxylic acids is 3. The molecule has 184 valence electrons. The summed E-state index contributed by atoms with van der Waals surface area (Å²) in [5.41, 5.74) is 5.80. The third-order valence-corrected chi connectivity index (χ3v) is 7.93. The fraction of sp³-hybridized carbons (Fsp3) is 0.444. The minimum Gasteiger partial charge on any atom is -0.489 e. The molecule has 0 radical (unpaired) electrons. The van der Waals surface area contributed by atoms with Crippen LogP contribution in [-0.2, 0) is 16.2 Å². The van der Waals surface area contributed by atoms with Gasteiger partial charge in [-0.3, -0.25) is 25.2 Å². The van der Waals surface area contributed by atoms with Crippen molar-refractivity contribution < 1.29 is 19.1 Å². The Bertz CT molecular complexity index is 1070. The number of halogens is 1.